The zero-order chi connectivity index (χ0) is 15.4. The predicted molar refractivity (Wildman–Crippen MR) is 82.8 cm³/mol. The number of hydrogen-bond acceptors (Lipinski definition) is 4. The Bertz CT molecular complexity index is 463. The summed E-state index contributed by atoms with van der Waals surface area (Å²) >= 11 is 0. The maximum absolute atomic E-state index is 13.2. The van der Waals surface area contributed by atoms with Crippen LogP contribution in [-0.2, 0) is 6.54 Å². The summed E-state index contributed by atoms with van der Waals surface area (Å²) in [6, 6.07) is 4.23. The van der Waals surface area contributed by atoms with E-state index in [0.717, 1.165) is 44.0 Å². The van der Waals surface area contributed by atoms with E-state index in [-0.39, 0.29) is 5.46 Å². The van der Waals surface area contributed by atoms with E-state index in [4.69, 9.17) is 0 Å². The zero-order valence-corrected chi connectivity index (χ0v) is 12.8. The molecule has 0 unspecified atom stereocenters. The molecule has 0 atom stereocenters. The van der Waals surface area contributed by atoms with Gasteiger partial charge in [-0.2, -0.15) is 0 Å². The molecule has 1 aliphatic rings. The lowest BCUT2D eigenvalue weighted by Crippen LogP contribution is -2.40. The van der Waals surface area contributed by atoms with Gasteiger partial charge < -0.3 is 14.9 Å². The quantitative estimate of drug-likeness (QED) is 0.766. The summed E-state index contributed by atoms with van der Waals surface area (Å²) in [5.41, 5.74) is 1.06. The van der Waals surface area contributed by atoms with Gasteiger partial charge in [-0.15, -0.1) is 0 Å². The Balaban J connectivity index is 1.94. The third kappa shape index (κ3) is 4.78. The minimum Gasteiger partial charge on any atom is -0.423 e. The molecule has 0 spiro atoms. The molecule has 2 N–H and O–H groups in total. The van der Waals surface area contributed by atoms with E-state index in [2.05, 4.69) is 23.9 Å². The van der Waals surface area contributed by atoms with Gasteiger partial charge in [0.1, 0.15) is 5.82 Å². The van der Waals surface area contributed by atoms with Crippen molar-refractivity contribution in [1.82, 2.24) is 9.80 Å². The normalized spacial score (nSPS) is 17.4. The first-order chi connectivity index (χ1) is 9.95. The minimum atomic E-state index is -1.62. The van der Waals surface area contributed by atoms with Gasteiger partial charge in [0, 0.05) is 13.1 Å². The predicted octanol–water partition coefficient (Wildman–Crippen LogP) is 0.279. The fraction of sp³-hybridized carbons (Fsp3) is 0.600. The molecular formula is C15H24BFN2O2. The van der Waals surface area contributed by atoms with Crippen molar-refractivity contribution in [3.63, 3.8) is 0 Å². The first kappa shape index (κ1) is 16.4. The van der Waals surface area contributed by atoms with E-state index in [1.807, 2.05) is 0 Å². The molecule has 1 saturated heterocycles. The third-order valence-electron chi connectivity index (χ3n) is 4.11. The Kier molecular flexibility index (Phi) is 5.76. The van der Waals surface area contributed by atoms with Gasteiger partial charge in [0.25, 0.3) is 0 Å². The van der Waals surface area contributed by atoms with E-state index in [9.17, 15) is 14.4 Å². The molecule has 116 valence electrons. The summed E-state index contributed by atoms with van der Waals surface area (Å²) in [5, 5.41) is 18.7. The van der Waals surface area contributed by atoms with Crippen LogP contribution in [0.1, 0.15) is 18.4 Å². The van der Waals surface area contributed by atoms with Gasteiger partial charge >= 0.3 is 7.12 Å². The second-order valence-corrected chi connectivity index (χ2v) is 6.20. The summed E-state index contributed by atoms with van der Waals surface area (Å²) in [6.07, 6.45) is 2.30. The Morgan fingerprint density at radius 2 is 1.95 bits per heavy atom. The molecular weight excluding hydrogens is 270 g/mol. The van der Waals surface area contributed by atoms with Crippen LogP contribution in [0.5, 0.6) is 0 Å². The van der Waals surface area contributed by atoms with E-state index in [1.165, 1.54) is 12.1 Å². The molecule has 0 radical (unpaired) electrons. The molecule has 4 nitrogen and oxygen atoms in total. The van der Waals surface area contributed by atoms with Crippen molar-refractivity contribution in [1.29, 1.82) is 0 Å². The molecule has 1 aromatic carbocycles. The van der Waals surface area contributed by atoms with Gasteiger partial charge in [-0.05, 0) is 69.1 Å². The topological polar surface area (TPSA) is 46.9 Å². The van der Waals surface area contributed by atoms with Crippen LogP contribution in [0.15, 0.2) is 18.2 Å². The van der Waals surface area contributed by atoms with Crippen LogP contribution >= 0.6 is 0 Å². The van der Waals surface area contributed by atoms with Crippen LogP contribution in [0.3, 0.4) is 0 Å². The van der Waals surface area contributed by atoms with Crippen LogP contribution in [0.2, 0.25) is 0 Å². The molecule has 0 aliphatic carbocycles. The third-order valence-corrected chi connectivity index (χ3v) is 4.11. The Morgan fingerprint density at radius 3 is 2.52 bits per heavy atom. The number of hydrogen-bond donors (Lipinski definition) is 2. The van der Waals surface area contributed by atoms with Crippen LogP contribution in [-0.4, -0.2) is 60.7 Å². The molecule has 2 rings (SSSR count). The van der Waals surface area contributed by atoms with Gasteiger partial charge in [0.05, 0.1) is 0 Å². The van der Waals surface area contributed by atoms with Crippen molar-refractivity contribution in [2.75, 3.05) is 33.7 Å². The van der Waals surface area contributed by atoms with Gasteiger partial charge in [-0.25, -0.2) is 4.39 Å². The van der Waals surface area contributed by atoms with E-state index in [1.54, 1.807) is 6.07 Å². The molecule has 0 aromatic heterocycles. The number of nitrogens with zero attached hydrogens (tertiary/aromatic N) is 2. The molecule has 6 heteroatoms. The highest BCUT2D eigenvalue weighted by Gasteiger charge is 2.22. The van der Waals surface area contributed by atoms with Crippen molar-refractivity contribution >= 4 is 12.6 Å². The number of halogens is 1. The summed E-state index contributed by atoms with van der Waals surface area (Å²) < 4.78 is 13.2. The Labute approximate surface area is 126 Å². The Hall–Kier alpha value is -0.945. The molecule has 0 bridgehead atoms. The molecule has 21 heavy (non-hydrogen) atoms. The average Bonchev–Trinajstić information content (AvgIpc) is 2.42. The monoisotopic (exact) mass is 294 g/mol. The lowest BCUT2D eigenvalue weighted by Gasteiger charge is -2.33. The second kappa shape index (κ2) is 7.36. The number of rotatable bonds is 5. The summed E-state index contributed by atoms with van der Waals surface area (Å²) in [4.78, 5) is 4.52. The number of likely N-dealkylation sites (tertiary alicyclic amines) is 1. The van der Waals surface area contributed by atoms with Crippen molar-refractivity contribution in [2.24, 2.45) is 5.92 Å². The summed E-state index contributed by atoms with van der Waals surface area (Å²) in [5.74, 6) is 0.291. The summed E-state index contributed by atoms with van der Waals surface area (Å²) in [7, 11) is 2.57. The van der Waals surface area contributed by atoms with Gasteiger partial charge in [0.15, 0.2) is 0 Å². The molecule has 1 heterocycles. The average molecular weight is 294 g/mol. The van der Waals surface area contributed by atoms with Crippen LogP contribution in [0, 0.1) is 11.7 Å². The first-order valence-electron chi connectivity index (χ1n) is 7.47. The standard InChI is InChI=1S/C15H24BFN2O2/c1-18(2)10-12-5-7-19(8-6-12)11-13-3-4-14(17)9-15(13)16(20)21/h3-4,9,12,20-21H,5-8,10-11H2,1-2H3. The smallest absolute Gasteiger partial charge is 0.423 e. The minimum absolute atomic E-state index is 0.269. The molecule has 1 aromatic rings. The lowest BCUT2D eigenvalue weighted by atomic mass is 9.76. The second-order valence-electron chi connectivity index (χ2n) is 6.20. The lowest BCUT2D eigenvalue weighted by molar-refractivity contribution is 0.157. The highest BCUT2D eigenvalue weighted by atomic mass is 19.1. The van der Waals surface area contributed by atoms with E-state index < -0.39 is 12.9 Å². The largest absolute Gasteiger partial charge is 0.488 e. The van der Waals surface area contributed by atoms with Gasteiger partial charge in [-0.3, -0.25) is 4.90 Å². The molecule has 0 amide bonds. The highest BCUT2D eigenvalue weighted by molar-refractivity contribution is 6.59. The Morgan fingerprint density at radius 1 is 1.29 bits per heavy atom. The summed E-state index contributed by atoms with van der Waals surface area (Å²) in [6.45, 7) is 3.75. The first-order valence-corrected chi connectivity index (χ1v) is 7.47. The van der Waals surface area contributed by atoms with Gasteiger partial charge in [0.2, 0.25) is 0 Å². The van der Waals surface area contributed by atoms with Crippen LogP contribution < -0.4 is 5.46 Å². The van der Waals surface area contributed by atoms with E-state index in [0.29, 0.717) is 6.54 Å². The molecule has 0 saturated carbocycles. The van der Waals surface area contributed by atoms with E-state index >= 15 is 0 Å². The fourth-order valence-electron chi connectivity index (χ4n) is 3.03. The van der Waals surface area contributed by atoms with Crippen LogP contribution in [0.25, 0.3) is 0 Å². The number of benzene rings is 1. The maximum atomic E-state index is 13.2. The molecule has 1 fully saturated rings. The number of piperidine rings is 1. The SMILES string of the molecule is CN(C)CC1CCN(Cc2ccc(F)cc2B(O)O)CC1. The van der Waals surface area contributed by atoms with Crippen molar-refractivity contribution in [3.05, 3.63) is 29.6 Å². The van der Waals surface area contributed by atoms with Gasteiger partial charge in [-0.1, -0.05) is 6.07 Å². The van der Waals surface area contributed by atoms with Crippen molar-refractivity contribution in [2.45, 2.75) is 19.4 Å². The maximum Gasteiger partial charge on any atom is 0.488 e. The van der Waals surface area contributed by atoms with Crippen molar-refractivity contribution < 1.29 is 14.4 Å². The zero-order valence-electron chi connectivity index (χ0n) is 12.8. The fourth-order valence-corrected chi connectivity index (χ4v) is 3.03. The van der Waals surface area contributed by atoms with Crippen molar-refractivity contribution in [3.8, 4) is 0 Å². The molecule has 1 aliphatic heterocycles. The highest BCUT2D eigenvalue weighted by Crippen LogP contribution is 2.19. The van der Waals surface area contributed by atoms with Crippen LogP contribution in [0.4, 0.5) is 4.39 Å².